The van der Waals surface area contributed by atoms with Gasteiger partial charge < -0.3 is 0 Å². The smallest absolute Gasteiger partial charge is 0.274 e. The Bertz CT molecular complexity index is 100. The van der Waals surface area contributed by atoms with Gasteiger partial charge in [0, 0.05) is 0 Å². The summed E-state index contributed by atoms with van der Waals surface area (Å²) in [4.78, 5) is 0. The van der Waals surface area contributed by atoms with Gasteiger partial charge in [0.15, 0.2) is 0 Å². The number of nitrogens with two attached hydrogens (primary N) is 4. The van der Waals surface area contributed by atoms with Crippen molar-refractivity contribution in [2.75, 3.05) is 0 Å². The Morgan fingerprint density at radius 1 is 0.900 bits per heavy atom. The summed E-state index contributed by atoms with van der Waals surface area (Å²) in [5.74, 6) is 16.0. The van der Waals surface area contributed by atoms with Gasteiger partial charge in [-0.2, -0.15) is 8.42 Å². The number of hydrazine groups is 2. The second-order valence-electron chi connectivity index (χ2n) is 0.448. The van der Waals surface area contributed by atoms with E-state index in [0.29, 0.717) is 0 Å². The highest BCUT2D eigenvalue weighted by Gasteiger charge is 1.84. The zero-order valence-corrected chi connectivity index (χ0v) is 6.47. The van der Waals surface area contributed by atoms with Crippen LogP contribution in [0.2, 0.25) is 0 Å². The standard InChI is InChI=1S/ClH.2H4N2.H2O4S/c;2*1-2;1-5(2,3)4/h1H;2*1-2H2;(H2,1,2,3,4). The van der Waals surface area contributed by atoms with Crippen molar-refractivity contribution in [3.63, 3.8) is 0 Å². The Balaban J connectivity index is -0.0000000315. The SMILES string of the molecule is Cl.NN.NN.O=S(=O)(O)O. The van der Waals surface area contributed by atoms with Crippen molar-refractivity contribution in [2.45, 2.75) is 0 Å². The van der Waals surface area contributed by atoms with Gasteiger partial charge in [-0.15, -0.1) is 12.4 Å². The zero-order chi connectivity index (χ0) is 8.50. The molecule has 0 spiro atoms. The van der Waals surface area contributed by atoms with Crippen LogP contribution in [0.25, 0.3) is 0 Å². The summed E-state index contributed by atoms with van der Waals surface area (Å²) >= 11 is 0. The van der Waals surface area contributed by atoms with E-state index in [4.69, 9.17) is 17.5 Å². The molecule has 10 N–H and O–H groups in total. The van der Waals surface area contributed by atoms with E-state index in [0.717, 1.165) is 0 Å². The lowest BCUT2D eigenvalue weighted by Crippen LogP contribution is -2.02. The van der Waals surface area contributed by atoms with Gasteiger partial charge in [0.25, 0.3) is 0 Å². The van der Waals surface area contributed by atoms with Crippen molar-refractivity contribution in [3.05, 3.63) is 0 Å². The Labute approximate surface area is 64.5 Å². The molecule has 10 heteroatoms. The third-order valence-corrected chi connectivity index (χ3v) is 0. The average Bonchev–Trinajstić information content (AvgIpc) is 1.72. The first-order valence-corrected chi connectivity index (χ1v) is 2.76. The molecule has 0 heterocycles. The lowest BCUT2D eigenvalue weighted by molar-refractivity contribution is 0.381. The first kappa shape index (κ1) is 22.5. The summed E-state index contributed by atoms with van der Waals surface area (Å²) in [7, 11) is -4.67. The number of hydrogen-bond donors (Lipinski definition) is 6. The van der Waals surface area contributed by atoms with Gasteiger partial charge in [0.1, 0.15) is 0 Å². The van der Waals surface area contributed by atoms with Crippen LogP contribution < -0.4 is 23.4 Å². The van der Waals surface area contributed by atoms with Gasteiger partial charge in [-0.1, -0.05) is 0 Å². The van der Waals surface area contributed by atoms with Gasteiger partial charge in [0.2, 0.25) is 0 Å². The maximum Gasteiger partial charge on any atom is 0.394 e. The predicted octanol–water partition coefficient (Wildman–Crippen LogP) is -2.59. The van der Waals surface area contributed by atoms with Gasteiger partial charge in [-0.25, -0.2) is 0 Å². The molecule has 0 amide bonds. The van der Waals surface area contributed by atoms with Gasteiger partial charge in [-0.3, -0.25) is 32.5 Å². The summed E-state index contributed by atoms with van der Waals surface area (Å²) in [6.07, 6.45) is 0. The highest BCUT2D eigenvalue weighted by atomic mass is 35.5. The molecule has 10 heavy (non-hydrogen) atoms. The highest BCUT2D eigenvalue weighted by Crippen LogP contribution is 1.59. The summed E-state index contributed by atoms with van der Waals surface area (Å²) in [5.41, 5.74) is 0. The third kappa shape index (κ3) is 41500000000000000911906223631106048. The lowest BCUT2D eigenvalue weighted by Gasteiger charge is -1.68. The third-order valence-electron chi connectivity index (χ3n) is 0. The molecular formula is H11ClN4O4S. The van der Waals surface area contributed by atoms with Crippen molar-refractivity contribution >= 4 is 22.8 Å². The normalized spacial score (nSPS) is 7.00. The molecule has 0 aliphatic heterocycles. The fourth-order valence-electron chi connectivity index (χ4n) is 0. The summed E-state index contributed by atoms with van der Waals surface area (Å²) < 4.78 is 31.6. The maximum absolute atomic E-state index is 8.74. The monoisotopic (exact) mass is 198 g/mol. The molecule has 0 saturated heterocycles. The molecule has 0 unspecified atom stereocenters. The maximum atomic E-state index is 8.74. The van der Waals surface area contributed by atoms with Gasteiger partial charge in [0.05, 0.1) is 0 Å². The molecule has 0 fully saturated rings. The van der Waals surface area contributed by atoms with Crippen LogP contribution in [0.3, 0.4) is 0 Å². The lowest BCUT2D eigenvalue weighted by atomic mass is 13.0. The Morgan fingerprint density at radius 2 is 0.900 bits per heavy atom. The van der Waals surface area contributed by atoms with E-state index in [-0.39, 0.29) is 12.4 Å². The molecule has 8 nitrogen and oxygen atoms in total. The van der Waals surface area contributed by atoms with E-state index in [1.807, 2.05) is 0 Å². The first-order chi connectivity index (χ1) is 4.00. The largest absolute Gasteiger partial charge is 0.394 e. The Kier molecular flexibility index (Phi) is 36.0. The van der Waals surface area contributed by atoms with Crippen LogP contribution in [-0.2, 0) is 10.4 Å². The van der Waals surface area contributed by atoms with Crippen molar-refractivity contribution < 1.29 is 17.5 Å². The second-order valence-corrected chi connectivity index (χ2v) is 1.34. The van der Waals surface area contributed by atoms with Crippen molar-refractivity contribution in [1.82, 2.24) is 0 Å². The van der Waals surface area contributed by atoms with Crippen molar-refractivity contribution in [3.8, 4) is 0 Å². The summed E-state index contributed by atoms with van der Waals surface area (Å²) in [6, 6.07) is 0. The number of halogens is 1. The molecule has 0 aromatic carbocycles. The highest BCUT2D eigenvalue weighted by molar-refractivity contribution is 7.79. The fourth-order valence-corrected chi connectivity index (χ4v) is 0. The van der Waals surface area contributed by atoms with E-state index < -0.39 is 10.4 Å². The quantitative estimate of drug-likeness (QED) is 0.139. The molecule has 0 bridgehead atoms. The Morgan fingerprint density at radius 3 is 0.900 bits per heavy atom. The molecular weight excluding hydrogens is 188 g/mol. The Hall–Kier alpha value is -0.0000000000000000971. The molecule has 68 valence electrons. The van der Waals surface area contributed by atoms with Crippen molar-refractivity contribution in [1.29, 1.82) is 0 Å². The molecule has 0 radical (unpaired) electrons. The van der Waals surface area contributed by atoms with Crippen molar-refractivity contribution in [2.24, 2.45) is 23.4 Å². The molecule has 0 aliphatic carbocycles. The van der Waals surface area contributed by atoms with Crippen LogP contribution in [0.1, 0.15) is 0 Å². The van der Waals surface area contributed by atoms with E-state index in [2.05, 4.69) is 23.4 Å². The van der Waals surface area contributed by atoms with Gasteiger partial charge in [-0.05, 0) is 0 Å². The van der Waals surface area contributed by atoms with Crippen LogP contribution in [0.5, 0.6) is 0 Å². The molecule has 0 atom stereocenters. The second kappa shape index (κ2) is 16.0. The first-order valence-electron chi connectivity index (χ1n) is 1.37. The van der Waals surface area contributed by atoms with E-state index >= 15 is 0 Å². The number of rotatable bonds is 0. The van der Waals surface area contributed by atoms with E-state index in [1.165, 1.54) is 0 Å². The van der Waals surface area contributed by atoms with E-state index in [1.54, 1.807) is 0 Å². The molecule has 0 aromatic heterocycles. The molecule has 0 saturated carbocycles. The van der Waals surface area contributed by atoms with Crippen LogP contribution in [0.15, 0.2) is 0 Å². The minimum atomic E-state index is -4.67. The molecule has 0 rings (SSSR count). The van der Waals surface area contributed by atoms with E-state index in [9.17, 15) is 0 Å². The summed E-state index contributed by atoms with van der Waals surface area (Å²) in [5, 5.41) is 0. The average molecular weight is 199 g/mol. The van der Waals surface area contributed by atoms with Crippen LogP contribution in [-0.4, -0.2) is 17.5 Å². The van der Waals surface area contributed by atoms with Crippen LogP contribution in [0, 0.1) is 0 Å². The predicted molar refractivity (Wildman–Crippen MR) is 38.2 cm³/mol. The summed E-state index contributed by atoms with van der Waals surface area (Å²) in [6.45, 7) is 0. The fraction of sp³-hybridized carbons (Fsp3) is 0. The van der Waals surface area contributed by atoms with Gasteiger partial charge >= 0.3 is 10.4 Å². The molecule has 0 aromatic rings. The number of hydrogen-bond acceptors (Lipinski definition) is 6. The minimum Gasteiger partial charge on any atom is -0.274 e. The molecule has 0 aliphatic rings. The zero-order valence-electron chi connectivity index (χ0n) is 4.84. The van der Waals surface area contributed by atoms with Crippen LogP contribution >= 0.6 is 12.4 Å². The van der Waals surface area contributed by atoms with Crippen LogP contribution in [0.4, 0.5) is 0 Å². The topological polar surface area (TPSA) is 179 Å². The minimum absolute atomic E-state index is 0.